The summed E-state index contributed by atoms with van der Waals surface area (Å²) in [4.78, 5) is 105. The number of piperazine rings is 1. The highest BCUT2D eigenvalue weighted by Gasteiger charge is 2.45. The van der Waals surface area contributed by atoms with Gasteiger partial charge in [-0.2, -0.15) is 4.98 Å². The summed E-state index contributed by atoms with van der Waals surface area (Å²) in [7, 11) is 0. The molecule has 1 saturated carbocycles. The second kappa shape index (κ2) is 22.7. The third kappa shape index (κ3) is 12.1. The van der Waals surface area contributed by atoms with Crippen molar-refractivity contribution in [1.82, 2.24) is 44.9 Å². The molecule has 0 unspecified atom stereocenters. The number of likely N-dealkylation sites (tertiary alicyclic amines) is 1. The molecule has 4 N–H and O–H groups in total. The zero-order valence-corrected chi connectivity index (χ0v) is 43.9. The predicted octanol–water partition coefficient (Wildman–Crippen LogP) is 6.96. The molecular weight excluding hydrogens is 947 g/mol. The lowest BCUT2D eigenvalue weighted by Crippen LogP contribution is -2.57. The Morgan fingerprint density at radius 3 is 2.23 bits per heavy atom. The Hall–Kier alpha value is -6.60. The van der Waals surface area contributed by atoms with Gasteiger partial charge in [-0.25, -0.2) is 15.0 Å². The molecule has 388 valence electrons. The van der Waals surface area contributed by atoms with Gasteiger partial charge in [0.05, 0.1) is 45.7 Å². The van der Waals surface area contributed by atoms with Gasteiger partial charge in [-0.05, 0) is 87.6 Å². The average Bonchev–Trinajstić information content (AvgIpc) is 4.15. The number of rotatable bonds is 17. The zero-order valence-electron chi connectivity index (χ0n) is 43.1. The van der Waals surface area contributed by atoms with Crippen LogP contribution in [-0.2, 0) is 19.2 Å². The SMILES string of the molecule is CC(=O)c1c(C)c2cnc(Nc3ccc(N4CCN(C(=O)CCCCCC(=O)N[C@H](C(=O)N5C[C@H](O)C[C@H]5C(=O)N[C@@H](C)c5ccc(-c6scnc6C)cc5)C(C)(C)C)CC4)cn3)nc2n(C2CCCC2)c1=O. The van der Waals surface area contributed by atoms with Crippen LogP contribution in [0.5, 0.6) is 0 Å². The minimum atomic E-state index is -0.922. The summed E-state index contributed by atoms with van der Waals surface area (Å²) in [5, 5.41) is 20.5. The maximum absolute atomic E-state index is 14.2. The van der Waals surface area contributed by atoms with Crippen molar-refractivity contribution < 1.29 is 29.1 Å². The number of ketones is 1. The highest BCUT2D eigenvalue weighted by molar-refractivity contribution is 7.13. The van der Waals surface area contributed by atoms with Crippen molar-refractivity contribution in [1.29, 1.82) is 0 Å². The predicted molar refractivity (Wildman–Crippen MR) is 282 cm³/mol. The molecule has 1 aliphatic carbocycles. The largest absolute Gasteiger partial charge is 0.391 e. The summed E-state index contributed by atoms with van der Waals surface area (Å²) in [6.45, 7) is 15.1. The fourth-order valence-electron chi connectivity index (χ4n) is 10.4. The fourth-order valence-corrected chi connectivity index (χ4v) is 11.2. The number of nitrogens with zero attached hydrogens (tertiary/aromatic N) is 8. The topological polar surface area (TPSA) is 225 Å². The van der Waals surface area contributed by atoms with Crippen molar-refractivity contribution >= 4 is 69.2 Å². The van der Waals surface area contributed by atoms with Crippen LogP contribution in [0.3, 0.4) is 0 Å². The number of hydrogen-bond donors (Lipinski definition) is 4. The number of aliphatic hydroxyl groups is 1. The van der Waals surface area contributed by atoms with Gasteiger partial charge in [0, 0.05) is 69.6 Å². The Kier molecular flexibility index (Phi) is 16.4. The number of carbonyl (C=O) groups is 5. The molecule has 6 heterocycles. The Labute approximate surface area is 430 Å². The first-order valence-electron chi connectivity index (χ1n) is 25.6. The number of aliphatic hydroxyl groups excluding tert-OH is 1. The van der Waals surface area contributed by atoms with Gasteiger partial charge in [-0.1, -0.05) is 64.3 Å². The van der Waals surface area contributed by atoms with E-state index in [-0.39, 0.29) is 66.1 Å². The van der Waals surface area contributed by atoms with Crippen LogP contribution in [0.1, 0.15) is 138 Å². The number of hydrogen-bond acceptors (Lipinski definition) is 14. The van der Waals surface area contributed by atoms with E-state index < -0.39 is 29.5 Å². The highest BCUT2D eigenvalue weighted by atomic mass is 32.1. The molecule has 4 amide bonds. The molecular formula is C54H69N11O7S. The number of aryl methyl sites for hydroxylation is 2. The van der Waals surface area contributed by atoms with Crippen LogP contribution in [-0.4, -0.2) is 120 Å². The molecule has 0 spiro atoms. The second-order valence-corrected chi connectivity index (χ2v) is 21.8. The van der Waals surface area contributed by atoms with E-state index in [2.05, 4.69) is 35.8 Å². The maximum Gasteiger partial charge on any atom is 0.263 e. The molecule has 0 radical (unpaired) electrons. The molecule has 19 heteroatoms. The van der Waals surface area contributed by atoms with Crippen LogP contribution in [0.4, 0.5) is 17.5 Å². The number of pyridine rings is 2. The van der Waals surface area contributed by atoms with Crippen molar-refractivity contribution in [3.05, 3.63) is 87.0 Å². The molecule has 8 rings (SSSR count). The number of carbonyl (C=O) groups excluding carboxylic acids is 5. The molecule has 4 atom stereocenters. The standard InChI is InChI=1S/C54H69N11O7S/c1-32-41-29-56-53(61-49(41)65(38-13-11-12-14-38)51(71)46(32)35(4)66)59-43-22-21-39(28-55-43)62-23-25-63(26-24-62)45(69)16-10-8-9-15-44(68)60-48(54(5,6)7)52(72)64-30-40(67)27-42(64)50(70)58-33(2)36-17-19-37(20-18-36)47-34(3)57-31-73-47/h17-22,28-29,31,33,38,40,42,48,67H,8-16,23-27,30H2,1-7H3,(H,58,70)(H,60,68)(H,55,56,59,61)/t33-,40+,42-,48+/m0/s1. The number of benzene rings is 1. The molecule has 4 aromatic heterocycles. The molecule has 2 saturated heterocycles. The normalized spacial score (nSPS) is 18.2. The van der Waals surface area contributed by atoms with Crippen LogP contribution in [0, 0.1) is 19.3 Å². The van der Waals surface area contributed by atoms with Gasteiger partial charge < -0.3 is 35.8 Å². The summed E-state index contributed by atoms with van der Waals surface area (Å²) in [5.74, 6) is -0.412. The molecule has 3 fully saturated rings. The van der Waals surface area contributed by atoms with E-state index in [0.717, 1.165) is 53.1 Å². The van der Waals surface area contributed by atoms with Crippen molar-refractivity contribution in [3.8, 4) is 10.4 Å². The molecule has 2 aliphatic heterocycles. The molecule has 73 heavy (non-hydrogen) atoms. The Morgan fingerprint density at radius 2 is 1.59 bits per heavy atom. The Bertz CT molecular complexity index is 2880. The summed E-state index contributed by atoms with van der Waals surface area (Å²) < 4.78 is 1.69. The monoisotopic (exact) mass is 1020 g/mol. The van der Waals surface area contributed by atoms with Gasteiger partial charge in [0.25, 0.3) is 5.56 Å². The van der Waals surface area contributed by atoms with Gasteiger partial charge in [0.1, 0.15) is 23.5 Å². The van der Waals surface area contributed by atoms with Gasteiger partial charge in [0.2, 0.25) is 29.6 Å². The molecule has 0 bridgehead atoms. The average molecular weight is 1020 g/mol. The number of amides is 4. The fraction of sp³-hybridized carbons (Fsp3) is 0.519. The van der Waals surface area contributed by atoms with Crippen molar-refractivity contribution in [2.24, 2.45) is 5.41 Å². The molecule has 1 aromatic carbocycles. The number of unbranched alkanes of at least 4 members (excludes halogenated alkanes) is 2. The number of nitrogens with one attached hydrogen (secondary N) is 3. The van der Waals surface area contributed by atoms with Gasteiger partial charge in [-0.15, -0.1) is 11.3 Å². The number of Topliss-reactive ketones (excluding diaryl/α,β-unsaturated/α-hetero) is 1. The van der Waals surface area contributed by atoms with E-state index in [1.54, 1.807) is 35.2 Å². The van der Waals surface area contributed by atoms with Crippen LogP contribution >= 0.6 is 11.3 Å². The van der Waals surface area contributed by atoms with Gasteiger partial charge >= 0.3 is 0 Å². The molecule has 18 nitrogen and oxygen atoms in total. The highest BCUT2D eigenvalue weighted by Crippen LogP contribution is 2.33. The van der Waals surface area contributed by atoms with Crippen molar-refractivity contribution in [2.45, 2.75) is 143 Å². The Morgan fingerprint density at radius 1 is 0.877 bits per heavy atom. The first-order chi connectivity index (χ1) is 34.9. The third-order valence-corrected chi connectivity index (χ3v) is 15.6. The summed E-state index contributed by atoms with van der Waals surface area (Å²) in [5.41, 5.74) is 5.96. The maximum atomic E-state index is 14.2. The van der Waals surface area contributed by atoms with Crippen molar-refractivity contribution in [3.63, 3.8) is 0 Å². The quantitative estimate of drug-likeness (QED) is 0.0547. The number of aromatic nitrogens is 5. The van der Waals surface area contributed by atoms with E-state index in [9.17, 15) is 33.9 Å². The number of thiazole rings is 1. The number of β-amino-alcohol motifs (C(OH)–C–C–N with tert-alkyl or cyclic N) is 1. The smallest absolute Gasteiger partial charge is 0.263 e. The minimum absolute atomic E-state index is 0.00867. The number of anilines is 3. The van der Waals surface area contributed by atoms with Crippen LogP contribution in [0.25, 0.3) is 21.5 Å². The summed E-state index contributed by atoms with van der Waals surface area (Å²) in [6, 6.07) is 9.57. The van der Waals surface area contributed by atoms with Crippen molar-refractivity contribution in [2.75, 3.05) is 42.9 Å². The molecule has 5 aromatic rings. The van der Waals surface area contributed by atoms with Gasteiger partial charge in [0.15, 0.2) is 5.78 Å². The minimum Gasteiger partial charge on any atom is -0.391 e. The van der Waals surface area contributed by atoms with E-state index in [1.807, 2.05) is 81.4 Å². The summed E-state index contributed by atoms with van der Waals surface area (Å²) >= 11 is 1.57. The van der Waals surface area contributed by atoms with E-state index in [4.69, 9.17) is 4.98 Å². The van der Waals surface area contributed by atoms with E-state index in [0.29, 0.717) is 80.2 Å². The lowest BCUT2D eigenvalue weighted by Gasteiger charge is -2.36. The summed E-state index contributed by atoms with van der Waals surface area (Å²) in [6.07, 6.45) is 8.79. The third-order valence-electron chi connectivity index (χ3n) is 14.6. The van der Waals surface area contributed by atoms with E-state index >= 15 is 0 Å². The first-order valence-corrected chi connectivity index (χ1v) is 26.5. The molecule has 3 aliphatic rings. The van der Waals surface area contributed by atoms with Crippen LogP contribution in [0.15, 0.2) is 59.1 Å². The Balaban J connectivity index is 0.767. The van der Waals surface area contributed by atoms with E-state index in [1.165, 1.54) is 11.8 Å². The first kappa shape index (κ1) is 52.7. The zero-order chi connectivity index (χ0) is 52.1. The second-order valence-electron chi connectivity index (χ2n) is 20.9. The van der Waals surface area contributed by atoms with Crippen LogP contribution in [0.2, 0.25) is 0 Å². The van der Waals surface area contributed by atoms with Gasteiger partial charge in [-0.3, -0.25) is 33.3 Å². The van der Waals surface area contributed by atoms with Crippen LogP contribution < -0.4 is 26.4 Å². The lowest BCUT2D eigenvalue weighted by molar-refractivity contribution is -0.144. The lowest BCUT2D eigenvalue weighted by atomic mass is 9.85. The number of fused-ring (bicyclic) bond motifs is 1.